The van der Waals surface area contributed by atoms with Crippen LogP contribution in [0.3, 0.4) is 0 Å². The van der Waals surface area contributed by atoms with Crippen LogP contribution < -0.4 is 5.32 Å². The molecule has 0 saturated heterocycles. The SMILES string of the molecule is Cc1cccc(-n2c(SCc3nc(C(=O)NCC(C)C)cs3)nnc2-c2cccs2)c1. The van der Waals surface area contributed by atoms with E-state index in [4.69, 9.17) is 0 Å². The molecule has 0 atom stereocenters. The van der Waals surface area contributed by atoms with E-state index >= 15 is 0 Å². The molecule has 31 heavy (non-hydrogen) atoms. The predicted octanol–water partition coefficient (Wildman–Crippen LogP) is 5.44. The lowest BCUT2D eigenvalue weighted by molar-refractivity contribution is 0.0944. The van der Waals surface area contributed by atoms with Crippen LogP contribution in [0.5, 0.6) is 0 Å². The number of nitrogens with zero attached hydrogens (tertiary/aromatic N) is 4. The summed E-state index contributed by atoms with van der Waals surface area (Å²) in [5, 5.41) is 17.4. The van der Waals surface area contributed by atoms with Crippen molar-refractivity contribution < 1.29 is 4.79 Å². The molecule has 3 heterocycles. The molecule has 0 saturated carbocycles. The summed E-state index contributed by atoms with van der Waals surface area (Å²) >= 11 is 4.71. The summed E-state index contributed by atoms with van der Waals surface area (Å²) in [4.78, 5) is 17.8. The van der Waals surface area contributed by atoms with Crippen molar-refractivity contribution in [2.24, 2.45) is 5.92 Å². The molecule has 1 N–H and O–H groups in total. The Balaban J connectivity index is 1.55. The molecule has 9 heteroatoms. The van der Waals surface area contributed by atoms with Crippen LogP contribution in [-0.4, -0.2) is 32.2 Å². The van der Waals surface area contributed by atoms with E-state index < -0.39 is 0 Å². The Labute approximate surface area is 193 Å². The van der Waals surface area contributed by atoms with E-state index in [9.17, 15) is 4.79 Å². The molecule has 0 bridgehead atoms. The second-order valence-electron chi connectivity index (χ2n) is 7.48. The van der Waals surface area contributed by atoms with E-state index in [0.29, 0.717) is 23.9 Å². The van der Waals surface area contributed by atoms with Crippen LogP contribution in [-0.2, 0) is 5.75 Å². The zero-order valence-corrected chi connectivity index (χ0v) is 20.0. The Morgan fingerprint density at radius 1 is 1.19 bits per heavy atom. The van der Waals surface area contributed by atoms with Crippen LogP contribution in [0, 0.1) is 12.8 Å². The molecule has 160 valence electrons. The first-order valence-electron chi connectivity index (χ1n) is 9.93. The first-order chi connectivity index (χ1) is 15.0. The number of amides is 1. The summed E-state index contributed by atoms with van der Waals surface area (Å²) in [6.07, 6.45) is 0. The van der Waals surface area contributed by atoms with Crippen LogP contribution >= 0.6 is 34.4 Å². The Kier molecular flexibility index (Phi) is 6.84. The molecule has 0 radical (unpaired) electrons. The van der Waals surface area contributed by atoms with Gasteiger partial charge in [0.05, 0.1) is 16.3 Å². The minimum atomic E-state index is -0.121. The largest absolute Gasteiger partial charge is 0.350 e. The van der Waals surface area contributed by atoms with Gasteiger partial charge in [-0.25, -0.2) is 4.98 Å². The summed E-state index contributed by atoms with van der Waals surface area (Å²) < 4.78 is 2.09. The standard InChI is InChI=1S/C22H23N5OS3/c1-14(2)11-23-21(28)17-12-30-19(24-17)13-31-22-26-25-20(18-8-5-9-29-18)27(22)16-7-4-6-15(3)10-16/h4-10,12,14H,11,13H2,1-3H3,(H,23,28). The highest BCUT2D eigenvalue weighted by Crippen LogP contribution is 2.32. The highest BCUT2D eigenvalue weighted by atomic mass is 32.2. The quantitative estimate of drug-likeness (QED) is 0.348. The first-order valence-corrected chi connectivity index (χ1v) is 12.7. The Morgan fingerprint density at radius 2 is 2.06 bits per heavy atom. The van der Waals surface area contributed by atoms with Crippen molar-refractivity contribution in [3.8, 4) is 16.4 Å². The number of rotatable bonds is 8. The molecule has 0 aliphatic carbocycles. The third-order valence-corrected chi connectivity index (χ3v) is 7.25. The number of thiophene rings is 1. The van der Waals surface area contributed by atoms with Gasteiger partial charge in [0.2, 0.25) is 0 Å². The Hall–Kier alpha value is -2.49. The number of carbonyl (C=O) groups excluding carboxylic acids is 1. The van der Waals surface area contributed by atoms with Crippen LogP contribution in [0.25, 0.3) is 16.4 Å². The van der Waals surface area contributed by atoms with Gasteiger partial charge in [0.1, 0.15) is 10.7 Å². The molecule has 3 aromatic heterocycles. The van der Waals surface area contributed by atoms with E-state index in [-0.39, 0.29) is 5.91 Å². The van der Waals surface area contributed by atoms with E-state index in [1.54, 1.807) is 23.1 Å². The molecule has 0 spiro atoms. The topological polar surface area (TPSA) is 72.7 Å². The average Bonchev–Trinajstić information content (AvgIpc) is 3.50. The highest BCUT2D eigenvalue weighted by Gasteiger charge is 2.18. The molecule has 0 aliphatic rings. The van der Waals surface area contributed by atoms with Crippen molar-refractivity contribution in [2.45, 2.75) is 31.7 Å². The van der Waals surface area contributed by atoms with Gasteiger partial charge in [0, 0.05) is 11.9 Å². The molecule has 4 rings (SSSR count). The zero-order valence-electron chi connectivity index (χ0n) is 17.5. The number of benzene rings is 1. The lowest BCUT2D eigenvalue weighted by atomic mass is 10.2. The van der Waals surface area contributed by atoms with Gasteiger partial charge in [0.25, 0.3) is 5.91 Å². The lowest BCUT2D eigenvalue weighted by Gasteiger charge is -2.10. The zero-order chi connectivity index (χ0) is 21.8. The van der Waals surface area contributed by atoms with Gasteiger partial charge in [0.15, 0.2) is 11.0 Å². The minimum absolute atomic E-state index is 0.121. The number of hydrogen-bond acceptors (Lipinski definition) is 7. The van der Waals surface area contributed by atoms with Gasteiger partial charge in [-0.15, -0.1) is 32.9 Å². The minimum Gasteiger partial charge on any atom is -0.350 e. The molecular formula is C22H23N5OS3. The molecular weight excluding hydrogens is 446 g/mol. The number of thiazole rings is 1. The maximum atomic E-state index is 12.2. The fourth-order valence-electron chi connectivity index (χ4n) is 2.92. The summed E-state index contributed by atoms with van der Waals surface area (Å²) in [5.41, 5.74) is 2.68. The smallest absolute Gasteiger partial charge is 0.270 e. The van der Waals surface area contributed by atoms with Gasteiger partial charge in [-0.2, -0.15) is 0 Å². The Morgan fingerprint density at radius 3 is 2.81 bits per heavy atom. The normalized spacial score (nSPS) is 11.2. The second kappa shape index (κ2) is 9.76. The van der Waals surface area contributed by atoms with Crippen LogP contribution in [0.15, 0.2) is 52.3 Å². The maximum absolute atomic E-state index is 12.2. The first kappa shape index (κ1) is 21.7. The van der Waals surface area contributed by atoms with Gasteiger partial charge >= 0.3 is 0 Å². The molecule has 0 unspecified atom stereocenters. The van der Waals surface area contributed by atoms with Crippen LogP contribution in [0.1, 0.15) is 34.9 Å². The maximum Gasteiger partial charge on any atom is 0.270 e. The predicted molar refractivity (Wildman–Crippen MR) is 128 cm³/mol. The van der Waals surface area contributed by atoms with Crippen molar-refractivity contribution in [1.82, 2.24) is 25.1 Å². The number of aromatic nitrogens is 4. The highest BCUT2D eigenvalue weighted by molar-refractivity contribution is 7.98. The summed E-state index contributed by atoms with van der Waals surface area (Å²) in [6, 6.07) is 12.4. The van der Waals surface area contributed by atoms with Gasteiger partial charge < -0.3 is 5.32 Å². The number of nitrogens with one attached hydrogen (secondary N) is 1. The van der Waals surface area contributed by atoms with E-state index in [0.717, 1.165) is 26.6 Å². The number of thioether (sulfide) groups is 1. The van der Waals surface area contributed by atoms with Crippen molar-refractivity contribution in [2.75, 3.05) is 6.54 Å². The van der Waals surface area contributed by atoms with Gasteiger partial charge in [-0.1, -0.05) is 43.8 Å². The van der Waals surface area contributed by atoms with Crippen molar-refractivity contribution in [3.05, 3.63) is 63.4 Å². The molecule has 1 aromatic carbocycles. The summed E-state index contributed by atoms with van der Waals surface area (Å²) in [5.74, 6) is 1.74. The fraction of sp³-hybridized carbons (Fsp3) is 0.273. The van der Waals surface area contributed by atoms with Crippen molar-refractivity contribution in [3.63, 3.8) is 0 Å². The van der Waals surface area contributed by atoms with E-state index in [2.05, 4.69) is 70.1 Å². The van der Waals surface area contributed by atoms with Gasteiger partial charge in [-0.3, -0.25) is 9.36 Å². The van der Waals surface area contributed by atoms with Crippen LogP contribution in [0.4, 0.5) is 0 Å². The van der Waals surface area contributed by atoms with Gasteiger partial charge in [-0.05, 0) is 42.0 Å². The monoisotopic (exact) mass is 469 g/mol. The van der Waals surface area contributed by atoms with Crippen molar-refractivity contribution >= 4 is 40.3 Å². The molecule has 0 aliphatic heterocycles. The molecule has 4 aromatic rings. The number of hydrogen-bond donors (Lipinski definition) is 1. The summed E-state index contributed by atoms with van der Waals surface area (Å²) in [7, 11) is 0. The second-order valence-corrected chi connectivity index (χ2v) is 10.3. The average molecular weight is 470 g/mol. The lowest BCUT2D eigenvalue weighted by Crippen LogP contribution is -2.27. The van der Waals surface area contributed by atoms with Crippen LogP contribution in [0.2, 0.25) is 0 Å². The number of aryl methyl sites for hydroxylation is 1. The van der Waals surface area contributed by atoms with Crippen molar-refractivity contribution in [1.29, 1.82) is 0 Å². The fourth-order valence-corrected chi connectivity index (χ4v) is 5.37. The molecule has 6 nitrogen and oxygen atoms in total. The number of carbonyl (C=O) groups is 1. The molecule has 0 fully saturated rings. The summed E-state index contributed by atoms with van der Waals surface area (Å²) in [6.45, 7) is 6.86. The third kappa shape index (κ3) is 5.23. The molecule has 1 amide bonds. The third-order valence-electron chi connectivity index (χ3n) is 4.41. The Bertz CT molecular complexity index is 1160. The van der Waals surface area contributed by atoms with E-state index in [1.807, 2.05) is 22.9 Å². The van der Waals surface area contributed by atoms with E-state index in [1.165, 1.54) is 16.9 Å².